The summed E-state index contributed by atoms with van der Waals surface area (Å²) in [5.41, 5.74) is 1.06. The van der Waals surface area contributed by atoms with Crippen molar-refractivity contribution < 1.29 is 0 Å². The second kappa shape index (κ2) is 6.75. The van der Waals surface area contributed by atoms with Crippen molar-refractivity contribution in [2.45, 2.75) is 38.8 Å². The molecular weight excluding hydrogens is 310 g/mol. The fraction of sp³-hybridized carbons (Fsp3) is 0.412. The molecule has 3 heterocycles. The predicted octanol–water partition coefficient (Wildman–Crippen LogP) is 4.22. The first-order chi connectivity index (χ1) is 10.7. The van der Waals surface area contributed by atoms with Crippen LogP contribution in [0, 0.1) is 6.92 Å². The molecule has 1 aliphatic rings. The van der Waals surface area contributed by atoms with E-state index >= 15 is 0 Å². The first-order valence-corrected chi connectivity index (χ1v) is 8.97. The number of nitrogens with zero attached hydrogens (tertiary/aromatic N) is 2. The monoisotopic (exact) mass is 331 g/mol. The lowest BCUT2D eigenvalue weighted by Gasteiger charge is -2.26. The third-order valence-corrected chi connectivity index (χ3v) is 5.43. The van der Waals surface area contributed by atoms with Crippen LogP contribution in [0.2, 0.25) is 0 Å². The number of hydrogen-bond acceptors (Lipinski definition) is 3. The zero-order chi connectivity index (χ0) is 15.5. The Bertz CT molecular complexity index is 638. The molecule has 2 aromatic heterocycles. The quantitative estimate of drug-likeness (QED) is 0.830. The number of pyridine rings is 1. The van der Waals surface area contributed by atoms with Crippen LogP contribution in [-0.2, 0) is 0 Å². The van der Waals surface area contributed by atoms with E-state index in [1.165, 1.54) is 16.2 Å². The summed E-state index contributed by atoms with van der Waals surface area (Å²) in [6.45, 7) is 5.36. The number of rotatable bonds is 5. The van der Waals surface area contributed by atoms with E-state index < -0.39 is 0 Å². The smallest absolute Gasteiger partial charge is 0.170 e. The fourth-order valence-corrected chi connectivity index (χ4v) is 4.26. The first kappa shape index (κ1) is 15.4. The second-order valence-electron chi connectivity index (χ2n) is 5.62. The number of thiocarbonyl (C=S) groups is 1. The summed E-state index contributed by atoms with van der Waals surface area (Å²) >= 11 is 7.46. The van der Waals surface area contributed by atoms with Gasteiger partial charge in [-0.15, -0.1) is 11.3 Å². The van der Waals surface area contributed by atoms with Crippen LogP contribution in [0.4, 0.5) is 0 Å². The van der Waals surface area contributed by atoms with E-state index in [1.807, 2.05) is 29.7 Å². The number of unbranched alkanes of at least 4 members (excludes halogenated alkanes) is 1. The van der Waals surface area contributed by atoms with E-state index in [0.29, 0.717) is 0 Å². The maximum atomic E-state index is 5.61. The van der Waals surface area contributed by atoms with Crippen LogP contribution >= 0.6 is 23.6 Å². The molecule has 1 aliphatic heterocycles. The largest absolute Gasteiger partial charge is 0.352 e. The van der Waals surface area contributed by atoms with Gasteiger partial charge < -0.3 is 10.2 Å². The molecule has 0 unspecified atom stereocenters. The topological polar surface area (TPSA) is 28.2 Å². The fourth-order valence-electron chi connectivity index (χ4n) is 2.90. The van der Waals surface area contributed by atoms with Crippen molar-refractivity contribution in [2.75, 3.05) is 6.54 Å². The summed E-state index contributed by atoms with van der Waals surface area (Å²) in [7, 11) is 0. The summed E-state index contributed by atoms with van der Waals surface area (Å²) in [6, 6.07) is 10.9. The van der Waals surface area contributed by atoms with Crippen LogP contribution in [-0.4, -0.2) is 21.5 Å². The molecule has 0 aromatic carbocycles. The molecule has 22 heavy (non-hydrogen) atoms. The van der Waals surface area contributed by atoms with Crippen LogP contribution in [0.1, 0.15) is 47.3 Å². The van der Waals surface area contributed by atoms with E-state index in [9.17, 15) is 0 Å². The molecule has 0 bridgehead atoms. The van der Waals surface area contributed by atoms with Crippen molar-refractivity contribution in [3.8, 4) is 0 Å². The van der Waals surface area contributed by atoms with Gasteiger partial charge in [0.1, 0.15) is 0 Å². The zero-order valence-corrected chi connectivity index (χ0v) is 14.6. The molecule has 0 aliphatic carbocycles. The van der Waals surface area contributed by atoms with E-state index in [1.54, 1.807) is 0 Å². The van der Waals surface area contributed by atoms with Gasteiger partial charge in [-0.2, -0.15) is 0 Å². The van der Waals surface area contributed by atoms with Crippen molar-refractivity contribution in [1.29, 1.82) is 0 Å². The number of aryl methyl sites for hydroxylation is 1. The van der Waals surface area contributed by atoms with Gasteiger partial charge >= 0.3 is 0 Å². The van der Waals surface area contributed by atoms with Crippen molar-refractivity contribution in [3.05, 3.63) is 52.0 Å². The Hall–Kier alpha value is -1.46. The van der Waals surface area contributed by atoms with Gasteiger partial charge in [-0.25, -0.2) is 0 Å². The van der Waals surface area contributed by atoms with Crippen LogP contribution < -0.4 is 5.32 Å². The van der Waals surface area contributed by atoms with Crippen molar-refractivity contribution >= 4 is 28.7 Å². The van der Waals surface area contributed by atoms with Crippen LogP contribution in [0.15, 0.2) is 36.5 Å². The lowest BCUT2D eigenvalue weighted by molar-refractivity contribution is 0.317. The van der Waals surface area contributed by atoms with Gasteiger partial charge in [0.05, 0.1) is 17.8 Å². The first-order valence-electron chi connectivity index (χ1n) is 7.75. The Labute approximate surface area is 141 Å². The highest BCUT2D eigenvalue weighted by atomic mass is 32.1. The lowest BCUT2D eigenvalue weighted by atomic mass is 10.0. The molecule has 0 amide bonds. The molecule has 116 valence electrons. The summed E-state index contributed by atoms with van der Waals surface area (Å²) in [6.07, 6.45) is 4.17. The molecule has 0 saturated carbocycles. The normalized spacial score (nSPS) is 21.2. The second-order valence-corrected chi connectivity index (χ2v) is 7.33. The third kappa shape index (κ3) is 3.01. The van der Waals surface area contributed by atoms with Crippen LogP contribution in [0.5, 0.6) is 0 Å². The Kier molecular flexibility index (Phi) is 4.74. The van der Waals surface area contributed by atoms with Crippen molar-refractivity contribution in [3.63, 3.8) is 0 Å². The van der Waals surface area contributed by atoms with E-state index in [4.69, 9.17) is 12.2 Å². The number of aromatic nitrogens is 1. The highest BCUT2D eigenvalue weighted by Crippen LogP contribution is 2.41. The lowest BCUT2D eigenvalue weighted by Crippen LogP contribution is -2.30. The molecule has 1 saturated heterocycles. The minimum atomic E-state index is 0.128. The van der Waals surface area contributed by atoms with Crippen molar-refractivity contribution in [2.24, 2.45) is 0 Å². The molecule has 0 spiro atoms. The SMILES string of the molecule is CCCCN1C(=S)N[C@H](c2ccccn2)[C@H]1c1ccc(C)s1. The molecule has 3 nitrogen and oxygen atoms in total. The maximum Gasteiger partial charge on any atom is 0.170 e. The van der Waals surface area contributed by atoms with Crippen LogP contribution in [0.25, 0.3) is 0 Å². The van der Waals surface area contributed by atoms with Gasteiger partial charge in [-0.1, -0.05) is 19.4 Å². The molecule has 3 rings (SSSR count). The maximum absolute atomic E-state index is 5.61. The van der Waals surface area contributed by atoms with Crippen molar-refractivity contribution in [1.82, 2.24) is 15.2 Å². The average Bonchev–Trinajstić information content (AvgIpc) is 3.09. The van der Waals surface area contributed by atoms with Gasteiger partial charge in [0.2, 0.25) is 0 Å². The zero-order valence-electron chi connectivity index (χ0n) is 13.0. The Morgan fingerprint density at radius 2 is 2.18 bits per heavy atom. The molecule has 2 aromatic rings. The summed E-state index contributed by atoms with van der Waals surface area (Å²) in [5, 5.41) is 4.34. The van der Waals surface area contributed by atoms with Gasteiger partial charge in [0, 0.05) is 22.5 Å². The molecule has 1 fully saturated rings. The minimum Gasteiger partial charge on any atom is -0.352 e. The summed E-state index contributed by atoms with van der Waals surface area (Å²) in [5.74, 6) is 0. The number of hydrogen-bond donors (Lipinski definition) is 1. The van der Waals surface area contributed by atoms with Crippen LogP contribution in [0.3, 0.4) is 0 Å². The van der Waals surface area contributed by atoms with E-state index in [-0.39, 0.29) is 12.1 Å². The number of thiophene rings is 1. The third-order valence-electron chi connectivity index (χ3n) is 4.00. The highest BCUT2D eigenvalue weighted by molar-refractivity contribution is 7.80. The molecule has 5 heteroatoms. The van der Waals surface area contributed by atoms with Gasteiger partial charge in [-0.05, 0) is 49.8 Å². The Morgan fingerprint density at radius 3 is 2.82 bits per heavy atom. The van der Waals surface area contributed by atoms with E-state index in [2.05, 4.69) is 47.2 Å². The Morgan fingerprint density at radius 1 is 1.32 bits per heavy atom. The summed E-state index contributed by atoms with van der Waals surface area (Å²) < 4.78 is 0. The minimum absolute atomic E-state index is 0.128. The highest BCUT2D eigenvalue weighted by Gasteiger charge is 2.39. The molecule has 2 atom stereocenters. The standard InChI is InChI=1S/C17H21N3S2/c1-3-4-11-20-16(14-9-8-12(2)22-14)15(19-17(20)21)13-7-5-6-10-18-13/h5-10,15-16H,3-4,11H2,1-2H3,(H,19,21)/t15-,16-/m1/s1. The van der Waals surface area contributed by atoms with Gasteiger partial charge in [0.15, 0.2) is 5.11 Å². The molecule has 1 N–H and O–H groups in total. The van der Waals surface area contributed by atoms with Gasteiger partial charge in [0.25, 0.3) is 0 Å². The molecule has 0 radical (unpaired) electrons. The average molecular weight is 332 g/mol. The summed E-state index contributed by atoms with van der Waals surface area (Å²) in [4.78, 5) is 9.58. The number of nitrogens with one attached hydrogen (secondary N) is 1. The van der Waals surface area contributed by atoms with Gasteiger partial charge in [-0.3, -0.25) is 4.98 Å². The van der Waals surface area contributed by atoms with E-state index in [0.717, 1.165) is 23.8 Å². The predicted molar refractivity (Wildman–Crippen MR) is 96.1 cm³/mol. The molecular formula is C17H21N3S2. The Balaban J connectivity index is 1.96.